The molecule has 0 saturated carbocycles. The Morgan fingerprint density at radius 1 is 1.10 bits per heavy atom. The van der Waals surface area contributed by atoms with Gasteiger partial charge in [-0.3, -0.25) is 0 Å². The Morgan fingerprint density at radius 2 is 1.80 bits per heavy atom. The third-order valence-corrected chi connectivity index (χ3v) is 6.76. The molecule has 1 atom stereocenters. The zero-order chi connectivity index (χ0) is 14.6. The van der Waals surface area contributed by atoms with E-state index in [9.17, 15) is 8.42 Å². The summed E-state index contributed by atoms with van der Waals surface area (Å²) in [6.45, 7) is 8.28. The van der Waals surface area contributed by atoms with Gasteiger partial charge in [-0.1, -0.05) is 13.8 Å². The van der Waals surface area contributed by atoms with Crippen LogP contribution in [-0.4, -0.2) is 55.8 Å². The van der Waals surface area contributed by atoms with Gasteiger partial charge in [0.05, 0.1) is 0 Å². The van der Waals surface area contributed by atoms with Crippen LogP contribution in [0.1, 0.15) is 46.0 Å². The first-order chi connectivity index (χ1) is 9.59. The van der Waals surface area contributed by atoms with Crippen LogP contribution in [0.15, 0.2) is 0 Å². The standard InChI is InChI=1S/C14H29N3O2S/c1-3-14-6-5-9-17(14)20(18,19)16-10-7-13(8-11-16)12-15-4-2/h13-15H,3-12H2,1-2H3. The van der Waals surface area contributed by atoms with E-state index in [0.717, 1.165) is 45.2 Å². The van der Waals surface area contributed by atoms with Crippen LogP contribution in [0.2, 0.25) is 0 Å². The first-order valence-corrected chi connectivity index (χ1v) is 9.46. The second-order valence-corrected chi connectivity index (χ2v) is 7.85. The quantitative estimate of drug-likeness (QED) is 0.807. The maximum absolute atomic E-state index is 12.7. The van der Waals surface area contributed by atoms with Crippen molar-refractivity contribution in [3.05, 3.63) is 0 Å². The number of nitrogens with one attached hydrogen (secondary N) is 1. The molecule has 20 heavy (non-hydrogen) atoms. The van der Waals surface area contributed by atoms with Gasteiger partial charge in [-0.15, -0.1) is 0 Å². The summed E-state index contributed by atoms with van der Waals surface area (Å²) in [5, 5.41) is 3.36. The van der Waals surface area contributed by atoms with Crippen molar-refractivity contribution in [3.8, 4) is 0 Å². The van der Waals surface area contributed by atoms with E-state index in [4.69, 9.17) is 0 Å². The van der Waals surface area contributed by atoms with Gasteiger partial charge >= 0.3 is 0 Å². The molecule has 2 fully saturated rings. The Hall–Kier alpha value is -0.170. The Labute approximate surface area is 123 Å². The third kappa shape index (κ3) is 3.53. The molecule has 2 rings (SSSR count). The first kappa shape index (κ1) is 16.2. The van der Waals surface area contributed by atoms with Gasteiger partial charge in [0.2, 0.25) is 0 Å². The lowest BCUT2D eigenvalue weighted by Crippen LogP contribution is -2.49. The smallest absolute Gasteiger partial charge is 0.282 e. The predicted molar refractivity (Wildman–Crippen MR) is 81.8 cm³/mol. The maximum Gasteiger partial charge on any atom is 0.282 e. The fourth-order valence-corrected chi connectivity index (χ4v) is 5.32. The largest absolute Gasteiger partial charge is 0.317 e. The summed E-state index contributed by atoms with van der Waals surface area (Å²) in [4.78, 5) is 0. The van der Waals surface area contributed by atoms with E-state index in [1.165, 1.54) is 0 Å². The molecular weight excluding hydrogens is 274 g/mol. The minimum absolute atomic E-state index is 0.222. The molecule has 118 valence electrons. The van der Waals surface area contributed by atoms with Crippen LogP contribution in [0.5, 0.6) is 0 Å². The lowest BCUT2D eigenvalue weighted by Gasteiger charge is -2.35. The Balaban J connectivity index is 1.92. The molecule has 2 aliphatic rings. The van der Waals surface area contributed by atoms with Gasteiger partial charge < -0.3 is 5.32 Å². The van der Waals surface area contributed by atoms with Crippen LogP contribution in [0.3, 0.4) is 0 Å². The molecule has 0 spiro atoms. The molecule has 6 heteroatoms. The average Bonchev–Trinajstić information content (AvgIpc) is 2.95. The van der Waals surface area contributed by atoms with Crippen molar-refractivity contribution in [1.82, 2.24) is 13.9 Å². The summed E-state index contributed by atoms with van der Waals surface area (Å²) in [6, 6.07) is 0.222. The predicted octanol–water partition coefficient (Wildman–Crippen LogP) is 1.43. The second kappa shape index (κ2) is 7.20. The summed E-state index contributed by atoms with van der Waals surface area (Å²) in [5.41, 5.74) is 0. The highest BCUT2D eigenvalue weighted by Crippen LogP contribution is 2.28. The highest BCUT2D eigenvalue weighted by atomic mass is 32.2. The first-order valence-electron chi connectivity index (χ1n) is 8.07. The number of nitrogens with zero attached hydrogens (tertiary/aromatic N) is 2. The van der Waals surface area contributed by atoms with Crippen molar-refractivity contribution < 1.29 is 8.42 Å². The Morgan fingerprint density at radius 3 is 2.40 bits per heavy atom. The molecule has 0 radical (unpaired) electrons. The van der Waals surface area contributed by atoms with Crippen LogP contribution >= 0.6 is 0 Å². The fraction of sp³-hybridized carbons (Fsp3) is 1.00. The normalized spacial score (nSPS) is 27.2. The summed E-state index contributed by atoms with van der Waals surface area (Å²) in [7, 11) is -3.22. The number of hydrogen-bond donors (Lipinski definition) is 1. The van der Waals surface area contributed by atoms with Gasteiger partial charge in [0.15, 0.2) is 0 Å². The van der Waals surface area contributed by atoms with E-state index in [-0.39, 0.29) is 6.04 Å². The summed E-state index contributed by atoms with van der Waals surface area (Å²) >= 11 is 0. The number of piperidine rings is 1. The molecule has 0 aromatic carbocycles. The molecule has 0 bridgehead atoms. The third-order valence-electron chi connectivity index (χ3n) is 4.67. The van der Waals surface area contributed by atoms with Crippen LogP contribution in [0.25, 0.3) is 0 Å². The van der Waals surface area contributed by atoms with E-state index in [0.29, 0.717) is 25.6 Å². The molecule has 0 aliphatic carbocycles. The zero-order valence-electron chi connectivity index (χ0n) is 12.8. The van der Waals surface area contributed by atoms with Gasteiger partial charge in [-0.2, -0.15) is 17.0 Å². The molecule has 2 saturated heterocycles. The monoisotopic (exact) mass is 303 g/mol. The Kier molecular flexibility index (Phi) is 5.84. The van der Waals surface area contributed by atoms with Crippen molar-refractivity contribution in [2.75, 3.05) is 32.7 Å². The maximum atomic E-state index is 12.7. The van der Waals surface area contributed by atoms with Crippen molar-refractivity contribution in [3.63, 3.8) is 0 Å². The minimum atomic E-state index is -3.22. The van der Waals surface area contributed by atoms with E-state index in [2.05, 4.69) is 19.2 Å². The Bertz CT molecular complexity index is 391. The number of rotatable bonds is 6. The van der Waals surface area contributed by atoms with Crippen LogP contribution in [0, 0.1) is 5.92 Å². The van der Waals surface area contributed by atoms with E-state index in [1.54, 1.807) is 8.61 Å². The van der Waals surface area contributed by atoms with Gasteiger partial charge in [0.1, 0.15) is 0 Å². The van der Waals surface area contributed by atoms with E-state index < -0.39 is 10.2 Å². The van der Waals surface area contributed by atoms with Gasteiger partial charge in [-0.25, -0.2) is 0 Å². The highest BCUT2D eigenvalue weighted by Gasteiger charge is 2.38. The molecule has 2 aliphatic heterocycles. The highest BCUT2D eigenvalue weighted by molar-refractivity contribution is 7.86. The minimum Gasteiger partial charge on any atom is -0.317 e. The average molecular weight is 303 g/mol. The summed E-state index contributed by atoms with van der Waals surface area (Å²) in [5.74, 6) is 0.627. The van der Waals surface area contributed by atoms with Crippen LogP contribution in [-0.2, 0) is 10.2 Å². The summed E-state index contributed by atoms with van der Waals surface area (Å²) < 4.78 is 28.9. The molecular formula is C14H29N3O2S. The zero-order valence-corrected chi connectivity index (χ0v) is 13.7. The summed E-state index contributed by atoms with van der Waals surface area (Å²) in [6.07, 6.45) is 4.92. The van der Waals surface area contributed by atoms with Crippen molar-refractivity contribution in [2.24, 2.45) is 5.92 Å². The molecule has 5 nitrogen and oxygen atoms in total. The fourth-order valence-electron chi connectivity index (χ4n) is 3.36. The lowest BCUT2D eigenvalue weighted by atomic mass is 9.98. The molecule has 2 heterocycles. The topological polar surface area (TPSA) is 52.7 Å². The van der Waals surface area contributed by atoms with Crippen molar-refractivity contribution in [1.29, 1.82) is 0 Å². The van der Waals surface area contributed by atoms with Gasteiger partial charge in [0.25, 0.3) is 10.2 Å². The van der Waals surface area contributed by atoms with Gasteiger partial charge in [-0.05, 0) is 51.1 Å². The van der Waals surface area contributed by atoms with Crippen molar-refractivity contribution >= 4 is 10.2 Å². The second-order valence-electron chi connectivity index (χ2n) is 5.97. The SMILES string of the molecule is CCNCC1CCN(S(=O)(=O)N2CCCC2CC)CC1. The van der Waals surface area contributed by atoms with E-state index in [1.807, 2.05) is 0 Å². The van der Waals surface area contributed by atoms with Crippen LogP contribution in [0.4, 0.5) is 0 Å². The lowest BCUT2D eigenvalue weighted by molar-refractivity contribution is 0.245. The molecule has 1 N–H and O–H groups in total. The van der Waals surface area contributed by atoms with Gasteiger partial charge in [0, 0.05) is 25.7 Å². The molecule has 1 unspecified atom stereocenters. The molecule has 0 aromatic heterocycles. The van der Waals surface area contributed by atoms with E-state index >= 15 is 0 Å². The van der Waals surface area contributed by atoms with Crippen molar-refractivity contribution in [2.45, 2.75) is 52.0 Å². The molecule has 0 amide bonds. The number of hydrogen-bond acceptors (Lipinski definition) is 3. The van der Waals surface area contributed by atoms with Crippen LogP contribution < -0.4 is 5.32 Å². The molecule has 0 aromatic rings.